The van der Waals surface area contributed by atoms with E-state index in [-0.39, 0.29) is 16.7 Å². The Balaban J connectivity index is 1.37. The number of amides is 2. The first kappa shape index (κ1) is 18.6. The number of piperidine rings is 1. The molecular formula is C21H34N2O2S. The summed E-state index contributed by atoms with van der Waals surface area (Å²) in [4.78, 5) is 30.4. The third-order valence-electron chi connectivity index (χ3n) is 7.21. The highest BCUT2D eigenvalue weighted by atomic mass is 32.2. The normalized spacial score (nSPS) is 27.8. The Morgan fingerprint density at radius 2 is 1.27 bits per heavy atom. The lowest BCUT2D eigenvalue weighted by Gasteiger charge is -2.46. The van der Waals surface area contributed by atoms with Crippen LogP contribution in [0.1, 0.15) is 77.0 Å². The molecule has 4 fully saturated rings. The first-order valence-corrected chi connectivity index (χ1v) is 11.9. The van der Waals surface area contributed by atoms with Crippen LogP contribution >= 0.6 is 11.8 Å². The van der Waals surface area contributed by atoms with Gasteiger partial charge in [0.1, 0.15) is 0 Å². The molecule has 0 atom stereocenters. The SMILES string of the molecule is O=C(C1CCCCC1)N1CCC2(CC1)SCCN2C(=O)C1CCCCC1. The molecule has 2 aliphatic heterocycles. The zero-order chi connectivity index (χ0) is 18.0. The number of carbonyl (C=O) groups is 2. The molecule has 1 spiro atoms. The number of thioether (sulfide) groups is 1. The van der Waals surface area contributed by atoms with Crippen LogP contribution in [0, 0.1) is 11.8 Å². The lowest BCUT2D eigenvalue weighted by Crippen LogP contribution is -2.55. The molecule has 2 aliphatic carbocycles. The molecule has 2 saturated carbocycles. The predicted octanol–water partition coefficient (Wildman–Crippen LogP) is 4.04. The van der Waals surface area contributed by atoms with Crippen LogP contribution in [0.25, 0.3) is 0 Å². The fourth-order valence-corrected chi connectivity index (χ4v) is 7.05. The van der Waals surface area contributed by atoms with E-state index in [1.54, 1.807) is 0 Å². The molecule has 2 amide bonds. The summed E-state index contributed by atoms with van der Waals surface area (Å²) in [6, 6.07) is 0. The minimum atomic E-state index is -0.0160. The summed E-state index contributed by atoms with van der Waals surface area (Å²) in [5.41, 5.74) is 0. The maximum absolute atomic E-state index is 13.2. The molecule has 146 valence electrons. The molecule has 2 saturated heterocycles. The molecule has 0 bridgehead atoms. The minimum absolute atomic E-state index is 0.0160. The van der Waals surface area contributed by atoms with Crippen molar-refractivity contribution in [3.05, 3.63) is 0 Å². The maximum Gasteiger partial charge on any atom is 0.226 e. The van der Waals surface area contributed by atoms with Gasteiger partial charge >= 0.3 is 0 Å². The summed E-state index contributed by atoms with van der Waals surface area (Å²) in [5.74, 6) is 2.42. The van der Waals surface area contributed by atoms with Gasteiger partial charge in [-0.25, -0.2) is 0 Å². The molecule has 4 aliphatic rings. The minimum Gasteiger partial charge on any atom is -0.342 e. The standard InChI is InChI=1S/C21H34N2O2S/c24-19(17-7-3-1-4-8-17)22-13-11-21(12-14-22)23(15-16-26-21)20(25)18-9-5-2-6-10-18/h17-18H,1-16H2. The van der Waals surface area contributed by atoms with E-state index < -0.39 is 0 Å². The maximum atomic E-state index is 13.2. The number of hydrogen-bond donors (Lipinski definition) is 0. The van der Waals surface area contributed by atoms with Crippen molar-refractivity contribution in [1.29, 1.82) is 0 Å². The van der Waals surface area contributed by atoms with Crippen LogP contribution in [-0.4, -0.2) is 51.9 Å². The largest absolute Gasteiger partial charge is 0.342 e. The summed E-state index contributed by atoms with van der Waals surface area (Å²) < 4.78 is 0. The van der Waals surface area contributed by atoms with Crippen LogP contribution < -0.4 is 0 Å². The van der Waals surface area contributed by atoms with Crippen LogP contribution in [0.4, 0.5) is 0 Å². The zero-order valence-corrected chi connectivity index (χ0v) is 16.9. The van der Waals surface area contributed by atoms with Crippen molar-refractivity contribution in [3.63, 3.8) is 0 Å². The molecular weight excluding hydrogens is 344 g/mol. The Bertz CT molecular complexity index is 518. The average molecular weight is 379 g/mol. The Labute approximate surface area is 162 Å². The van der Waals surface area contributed by atoms with Crippen molar-refractivity contribution in [2.75, 3.05) is 25.4 Å². The Kier molecular flexibility index (Phi) is 5.82. The van der Waals surface area contributed by atoms with Gasteiger partial charge in [0.2, 0.25) is 11.8 Å². The number of likely N-dealkylation sites (tertiary alicyclic amines) is 1. The van der Waals surface area contributed by atoms with Gasteiger partial charge in [-0.2, -0.15) is 0 Å². The number of nitrogens with zero attached hydrogens (tertiary/aromatic N) is 2. The fraction of sp³-hybridized carbons (Fsp3) is 0.905. The van der Waals surface area contributed by atoms with Gasteiger partial charge < -0.3 is 9.80 Å². The Hall–Kier alpha value is -0.710. The lowest BCUT2D eigenvalue weighted by atomic mass is 9.86. The molecule has 4 nitrogen and oxygen atoms in total. The lowest BCUT2D eigenvalue weighted by molar-refractivity contribution is -0.142. The van der Waals surface area contributed by atoms with E-state index in [0.717, 1.165) is 63.9 Å². The smallest absolute Gasteiger partial charge is 0.226 e. The van der Waals surface area contributed by atoms with Crippen molar-refractivity contribution < 1.29 is 9.59 Å². The van der Waals surface area contributed by atoms with E-state index in [2.05, 4.69) is 9.80 Å². The molecule has 0 radical (unpaired) electrons. The molecule has 0 unspecified atom stereocenters. The second-order valence-electron chi connectivity index (χ2n) is 8.78. The van der Waals surface area contributed by atoms with E-state index in [0.29, 0.717) is 11.8 Å². The Morgan fingerprint density at radius 1 is 0.731 bits per heavy atom. The highest BCUT2D eigenvalue weighted by Gasteiger charge is 2.48. The van der Waals surface area contributed by atoms with E-state index in [1.165, 1.54) is 38.5 Å². The quantitative estimate of drug-likeness (QED) is 0.728. The molecule has 0 aromatic heterocycles. The van der Waals surface area contributed by atoms with Gasteiger partial charge in [0.25, 0.3) is 0 Å². The summed E-state index contributed by atoms with van der Waals surface area (Å²) >= 11 is 1.98. The van der Waals surface area contributed by atoms with Gasteiger partial charge in [-0.3, -0.25) is 9.59 Å². The summed E-state index contributed by atoms with van der Waals surface area (Å²) in [5, 5.41) is 0. The highest BCUT2D eigenvalue weighted by molar-refractivity contribution is 8.00. The first-order chi connectivity index (χ1) is 12.7. The molecule has 0 N–H and O–H groups in total. The van der Waals surface area contributed by atoms with Crippen LogP contribution in [0.2, 0.25) is 0 Å². The van der Waals surface area contributed by atoms with E-state index in [4.69, 9.17) is 0 Å². The predicted molar refractivity (Wildman–Crippen MR) is 106 cm³/mol. The van der Waals surface area contributed by atoms with E-state index >= 15 is 0 Å². The summed E-state index contributed by atoms with van der Waals surface area (Å²) in [6.07, 6.45) is 13.7. The number of rotatable bonds is 2. The van der Waals surface area contributed by atoms with E-state index in [9.17, 15) is 9.59 Å². The molecule has 0 aromatic carbocycles. The zero-order valence-electron chi connectivity index (χ0n) is 16.1. The van der Waals surface area contributed by atoms with Gasteiger partial charge in [-0.05, 0) is 38.5 Å². The van der Waals surface area contributed by atoms with Gasteiger partial charge in [-0.15, -0.1) is 11.8 Å². The molecule has 5 heteroatoms. The van der Waals surface area contributed by atoms with Crippen molar-refractivity contribution in [2.24, 2.45) is 11.8 Å². The molecule has 4 rings (SSSR count). The van der Waals surface area contributed by atoms with Gasteiger partial charge in [0, 0.05) is 37.2 Å². The van der Waals surface area contributed by atoms with Crippen molar-refractivity contribution in [2.45, 2.75) is 81.9 Å². The summed E-state index contributed by atoms with van der Waals surface area (Å²) in [7, 11) is 0. The third-order valence-corrected chi connectivity index (χ3v) is 8.76. The average Bonchev–Trinajstić information content (AvgIpc) is 3.12. The molecule has 2 heterocycles. The van der Waals surface area contributed by atoms with Crippen LogP contribution in [0.3, 0.4) is 0 Å². The number of hydrogen-bond acceptors (Lipinski definition) is 3. The van der Waals surface area contributed by atoms with Crippen molar-refractivity contribution in [3.8, 4) is 0 Å². The monoisotopic (exact) mass is 378 g/mol. The van der Waals surface area contributed by atoms with E-state index in [1.807, 2.05) is 11.8 Å². The van der Waals surface area contributed by atoms with Crippen LogP contribution in [0.15, 0.2) is 0 Å². The Morgan fingerprint density at radius 3 is 1.85 bits per heavy atom. The van der Waals surface area contributed by atoms with Gasteiger partial charge in [-0.1, -0.05) is 38.5 Å². The number of carbonyl (C=O) groups excluding carboxylic acids is 2. The second kappa shape index (κ2) is 8.12. The topological polar surface area (TPSA) is 40.6 Å². The van der Waals surface area contributed by atoms with Crippen molar-refractivity contribution >= 4 is 23.6 Å². The van der Waals surface area contributed by atoms with Crippen LogP contribution in [0.5, 0.6) is 0 Å². The summed E-state index contributed by atoms with van der Waals surface area (Å²) in [6.45, 7) is 2.60. The molecule has 0 aromatic rings. The third kappa shape index (κ3) is 3.65. The van der Waals surface area contributed by atoms with Gasteiger partial charge in [0.15, 0.2) is 0 Å². The van der Waals surface area contributed by atoms with Crippen molar-refractivity contribution in [1.82, 2.24) is 9.80 Å². The second-order valence-corrected chi connectivity index (χ2v) is 10.2. The first-order valence-electron chi connectivity index (χ1n) is 10.9. The molecule has 26 heavy (non-hydrogen) atoms. The highest BCUT2D eigenvalue weighted by Crippen LogP contribution is 2.45. The van der Waals surface area contributed by atoms with Crippen LogP contribution in [-0.2, 0) is 9.59 Å². The fourth-order valence-electron chi connectivity index (χ4n) is 5.59. The van der Waals surface area contributed by atoms with Gasteiger partial charge in [0.05, 0.1) is 4.87 Å².